The summed E-state index contributed by atoms with van der Waals surface area (Å²) in [6, 6.07) is 7.66. The lowest BCUT2D eigenvalue weighted by Crippen LogP contribution is -2.06. The third-order valence-electron chi connectivity index (χ3n) is 3.04. The number of nitrogens with zero attached hydrogens (tertiary/aromatic N) is 2. The predicted molar refractivity (Wildman–Crippen MR) is 79.0 cm³/mol. The van der Waals surface area contributed by atoms with E-state index in [1.54, 1.807) is 13.3 Å². The Balaban J connectivity index is 1.95. The monoisotopic (exact) mass is 291 g/mol. The number of para-hydroxylation sites is 1. The van der Waals surface area contributed by atoms with Gasteiger partial charge in [-0.1, -0.05) is 12.1 Å². The highest BCUT2D eigenvalue weighted by Gasteiger charge is 2.06. The first-order valence-corrected chi connectivity index (χ1v) is 6.65. The van der Waals surface area contributed by atoms with E-state index in [1.165, 1.54) is 0 Å². The summed E-state index contributed by atoms with van der Waals surface area (Å²) in [6.07, 6.45) is 3.13. The Morgan fingerprint density at radius 2 is 2.19 bits per heavy atom. The van der Waals surface area contributed by atoms with E-state index in [1.807, 2.05) is 24.3 Å². The fraction of sp³-hybridized carbons (Fsp3) is 0.357. The first-order chi connectivity index (χ1) is 10.2. The van der Waals surface area contributed by atoms with Crippen LogP contribution in [0.1, 0.15) is 12.8 Å². The number of nitrogens with one attached hydrogen (secondary N) is 1. The maximum Gasteiger partial charge on any atom is 0.294 e. The molecule has 0 unspecified atom stereocenters. The molecule has 0 aliphatic carbocycles. The Kier molecular flexibility index (Phi) is 5.14. The molecule has 0 amide bonds. The second-order valence-corrected chi connectivity index (χ2v) is 4.41. The van der Waals surface area contributed by atoms with Gasteiger partial charge in [0.25, 0.3) is 5.09 Å². The van der Waals surface area contributed by atoms with Crippen molar-refractivity contribution in [3.63, 3.8) is 0 Å². The average molecular weight is 291 g/mol. The number of rotatable bonds is 8. The zero-order valence-electron chi connectivity index (χ0n) is 11.7. The third-order valence-corrected chi connectivity index (χ3v) is 3.04. The number of fused-ring (bicyclic) bond motifs is 1. The van der Waals surface area contributed by atoms with Crippen molar-refractivity contribution in [3.8, 4) is 5.75 Å². The SMILES string of the molecule is COc1cccc2c(NCCCCO[N+](=O)[O-])ccnc12. The second kappa shape index (κ2) is 7.28. The van der Waals surface area contributed by atoms with E-state index in [-0.39, 0.29) is 6.61 Å². The van der Waals surface area contributed by atoms with E-state index >= 15 is 0 Å². The van der Waals surface area contributed by atoms with Gasteiger partial charge in [-0.2, -0.15) is 0 Å². The van der Waals surface area contributed by atoms with Crippen LogP contribution in [0.4, 0.5) is 5.69 Å². The summed E-state index contributed by atoms with van der Waals surface area (Å²) in [6.45, 7) is 0.830. The van der Waals surface area contributed by atoms with E-state index < -0.39 is 5.09 Å². The molecular formula is C14H17N3O4. The molecule has 0 saturated carbocycles. The highest BCUT2D eigenvalue weighted by molar-refractivity contribution is 5.94. The summed E-state index contributed by atoms with van der Waals surface area (Å²) < 4.78 is 5.29. The summed E-state index contributed by atoms with van der Waals surface area (Å²) in [5, 5.41) is 13.5. The van der Waals surface area contributed by atoms with Crippen LogP contribution in [0.3, 0.4) is 0 Å². The number of hydrogen-bond donors (Lipinski definition) is 1. The summed E-state index contributed by atoms with van der Waals surface area (Å²) >= 11 is 0. The largest absolute Gasteiger partial charge is 0.494 e. The van der Waals surface area contributed by atoms with Crippen LogP contribution in [0.25, 0.3) is 10.9 Å². The van der Waals surface area contributed by atoms with Gasteiger partial charge in [0.2, 0.25) is 0 Å². The molecule has 0 radical (unpaired) electrons. The number of methoxy groups -OCH3 is 1. The van der Waals surface area contributed by atoms with E-state index in [0.29, 0.717) is 13.0 Å². The molecule has 1 aromatic carbocycles. The van der Waals surface area contributed by atoms with Gasteiger partial charge in [-0.3, -0.25) is 4.98 Å². The lowest BCUT2D eigenvalue weighted by atomic mass is 10.1. The van der Waals surface area contributed by atoms with Crippen molar-refractivity contribution in [1.82, 2.24) is 4.98 Å². The van der Waals surface area contributed by atoms with Gasteiger partial charge in [-0.05, 0) is 25.0 Å². The van der Waals surface area contributed by atoms with Gasteiger partial charge in [0, 0.05) is 23.8 Å². The van der Waals surface area contributed by atoms with Gasteiger partial charge in [-0.25, -0.2) is 0 Å². The normalized spacial score (nSPS) is 10.3. The van der Waals surface area contributed by atoms with Crippen molar-refractivity contribution in [3.05, 3.63) is 40.6 Å². The predicted octanol–water partition coefficient (Wildman–Crippen LogP) is 2.64. The molecule has 112 valence electrons. The van der Waals surface area contributed by atoms with E-state index in [9.17, 15) is 10.1 Å². The number of aromatic nitrogens is 1. The van der Waals surface area contributed by atoms with Crippen LogP contribution in [-0.4, -0.2) is 30.3 Å². The highest BCUT2D eigenvalue weighted by atomic mass is 16.9. The number of hydrogen-bond acceptors (Lipinski definition) is 6. The summed E-state index contributed by atoms with van der Waals surface area (Å²) in [5.74, 6) is 0.732. The van der Waals surface area contributed by atoms with Crippen LogP contribution < -0.4 is 10.1 Å². The van der Waals surface area contributed by atoms with E-state index in [4.69, 9.17) is 4.74 Å². The number of benzene rings is 1. The molecule has 0 bridgehead atoms. The molecule has 0 spiro atoms. The van der Waals surface area contributed by atoms with Crippen molar-refractivity contribution in [2.24, 2.45) is 0 Å². The van der Waals surface area contributed by atoms with Crippen LogP contribution in [0, 0.1) is 10.1 Å². The lowest BCUT2D eigenvalue weighted by Gasteiger charge is -2.11. The van der Waals surface area contributed by atoms with Gasteiger partial charge in [-0.15, -0.1) is 10.1 Å². The molecule has 2 rings (SSSR count). The molecule has 1 heterocycles. The van der Waals surface area contributed by atoms with Gasteiger partial charge in [0.15, 0.2) is 0 Å². The Labute approximate surface area is 122 Å². The minimum Gasteiger partial charge on any atom is -0.494 e. The van der Waals surface area contributed by atoms with E-state index in [0.717, 1.165) is 28.8 Å². The molecular weight excluding hydrogens is 274 g/mol. The highest BCUT2D eigenvalue weighted by Crippen LogP contribution is 2.28. The smallest absolute Gasteiger partial charge is 0.294 e. The van der Waals surface area contributed by atoms with Crippen LogP contribution >= 0.6 is 0 Å². The van der Waals surface area contributed by atoms with Crippen molar-refractivity contribution in [2.75, 3.05) is 25.6 Å². The number of pyridine rings is 1. The Morgan fingerprint density at radius 3 is 2.95 bits per heavy atom. The molecule has 1 N–H and O–H groups in total. The van der Waals surface area contributed by atoms with E-state index in [2.05, 4.69) is 15.1 Å². The quantitative estimate of drug-likeness (QED) is 0.457. The first-order valence-electron chi connectivity index (χ1n) is 6.65. The van der Waals surface area contributed by atoms with Crippen LogP contribution in [0.15, 0.2) is 30.5 Å². The fourth-order valence-corrected chi connectivity index (χ4v) is 2.06. The maximum atomic E-state index is 10.0. The van der Waals surface area contributed by atoms with Crippen molar-refractivity contribution < 1.29 is 14.7 Å². The van der Waals surface area contributed by atoms with Gasteiger partial charge < -0.3 is 14.9 Å². The zero-order chi connectivity index (χ0) is 15.1. The van der Waals surface area contributed by atoms with Crippen LogP contribution in [0.2, 0.25) is 0 Å². The Hall–Kier alpha value is -2.57. The summed E-state index contributed by atoms with van der Waals surface area (Å²) in [4.78, 5) is 18.6. The molecule has 0 saturated heterocycles. The molecule has 0 atom stereocenters. The van der Waals surface area contributed by atoms with Gasteiger partial charge >= 0.3 is 0 Å². The second-order valence-electron chi connectivity index (χ2n) is 4.41. The molecule has 0 aliphatic heterocycles. The van der Waals surface area contributed by atoms with Crippen molar-refractivity contribution in [1.29, 1.82) is 0 Å². The first kappa shape index (κ1) is 14.8. The Morgan fingerprint density at radius 1 is 1.33 bits per heavy atom. The van der Waals surface area contributed by atoms with Crippen LogP contribution in [0.5, 0.6) is 5.75 Å². The average Bonchev–Trinajstić information content (AvgIpc) is 2.50. The van der Waals surface area contributed by atoms with Crippen LogP contribution in [-0.2, 0) is 4.84 Å². The fourth-order valence-electron chi connectivity index (χ4n) is 2.06. The number of unbranched alkanes of at least 4 members (excludes halogenated alkanes) is 1. The standard InChI is InChI=1S/C14H17N3O4/c1-20-13-6-4-5-11-12(7-9-16-14(11)13)15-8-2-3-10-21-17(18)19/h4-7,9H,2-3,8,10H2,1H3,(H,15,16). The van der Waals surface area contributed by atoms with Crippen molar-refractivity contribution >= 4 is 16.6 Å². The minimum atomic E-state index is -0.768. The molecule has 1 aromatic heterocycles. The molecule has 2 aromatic rings. The Bertz CT molecular complexity index is 618. The summed E-state index contributed by atoms with van der Waals surface area (Å²) in [5.41, 5.74) is 1.77. The molecule has 0 fully saturated rings. The topological polar surface area (TPSA) is 86.5 Å². The van der Waals surface area contributed by atoms with Gasteiger partial charge in [0.1, 0.15) is 11.3 Å². The number of ether oxygens (including phenoxy) is 1. The minimum absolute atomic E-state index is 0.125. The van der Waals surface area contributed by atoms with Crippen molar-refractivity contribution in [2.45, 2.75) is 12.8 Å². The molecule has 0 aliphatic rings. The van der Waals surface area contributed by atoms with Gasteiger partial charge in [0.05, 0.1) is 13.7 Å². The molecule has 7 nitrogen and oxygen atoms in total. The lowest BCUT2D eigenvalue weighted by molar-refractivity contribution is -0.757. The molecule has 7 heteroatoms. The third kappa shape index (κ3) is 3.95. The summed E-state index contributed by atoms with van der Waals surface area (Å²) in [7, 11) is 1.62. The number of anilines is 1. The molecule has 21 heavy (non-hydrogen) atoms. The zero-order valence-corrected chi connectivity index (χ0v) is 11.7. The maximum absolute atomic E-state index is 10.0.